The van der Waals surface area contributed by atoms with Gasteiger partial charge in [0, 0.05) is 24.2 Å². The molecule has 0 amide bonds. The Labute approximate surface area is 237 Å². The van der Waals surface area contributed by atoms with Crippen molar-refractivity contribution in [2.24, 2.45) is 23.7 Å². The minimum atomic E-state index is -2.89. The summed E-state index contributed by atoms with van der Waals surface area (Å²) in [6.45, 7) is 17.5. The lowest BCUT2D eigenvalue weighted by Crippen LogP contribution is -2.68. The van der Waals surface area contributed by atoms with Crippen LogP contribution in [-0.2, 0) is 14.0 Å². The van der Waals surface area contributed by atoms with Gasteiger partial charge in [0.25, 0.3) is 8.32 Å². The maximum Gasteiger partial charge on any atom is 0.261 e. The van der Waals surface area contributed by atoms with Crippen LogP contribution in [0.3, 0.4) is 0 Å². The molecule has 2 aromatic carbocycles. The molecular formula is C33H50O5Si. The fourth-order valence-electron chi connectivity index (χ4n) is 5.56. The number of hydrogen-bond acceptors (Lipinski definition) is 5. The van der Waals surface area contributed by atoms with E-state index in [1.165, 1.54) is 0 Å². The lowest BCUT2D eigenvalue weighted by atomic mass is 9.84. The maximum atomic E-state index is 13.4. The summed E-state index contributed by atoms with van der Waals surface area (Å²) in [7, 11) is -2.89. The van der Waals surface area contributed by atoms with E-state index in [-0.39, 0.29) is 34.9 Å². The second-order valence-corrected chi connectivity index (χ2v) is 16.8. The fourth-order valence-corrected chi connectivity index (χ4v) is 10.3. The van der Waals surface area contributed by atoms with Gasteiger partial charge in [-0.15, -0.1) is 0 Å². The third-order valence-electron chi connectivity index (χ3n) is 8.23. The first-order valence-corrected chi connectivity index (χ1v) is 16.3. The smallest absolute Gasteiger partial charge is 0.261 e. The quantitative estimate of drug-likeness (QED) is 0.315. The van der Waals surface area contributed by atoms with Gasteiger partial charge in [-0.05, 0) is 34.7 Å². The molecule has 6 heteroatoms. The number of ketones is 2. The zero-order valence-electron chi connectivity index (χ0n) is 25.3. The Balaban J connectivity index is 2.24. The number of carbonyl (C=O) groups excluding carboxylic acids is 2. The summed E-state index contributed by atoms with van der Waals surface area (Å²) >= 11 is 0. The first kappa shape index (κ1) is 33.1. The SMILES string of the molecule is CC(C)[C@@H](O)[C@@H](C)C(=O)CC[C@H](C)C(=O)[C@H](C)[C@@H](O)[C@@H](C)O[Si](c1ccccc1)(c1ccccc1)C(C)(C)C. The number of rotatable bonds is 14. The summed E-state index contributed by atoms with van der Waals surface area (Å²) in [6.07, 6.45) is -1.66. The van der Waals surface area contributed by atoms with Gasteiger partial charge in [0.05, 0.1) is 18.3 Å². The van der Waals surface area contributed by atoms with Crippen molar-refractivity contribution in [1.29, 1.82) is 0 Å². The predicted octanol–water partition coefficient (Wildman–Crippen LogP) is 5.16. The van der Waals surface area contributed by atoms with Gasteiger partial charge in [-0.2, -0.15) is 0 Å². The van der Waals surface area contributed by atoms with Crippen LogP contribution in [0.5, 0.6) is 0 Å². The minimum Gasteiger partial charge on any atom is -0.402 e. The molecule has 0 saturated heterocycles. The van der Waals surface area contributed by atoms with Gasteiger partial charge in [0.1, 0.15) is 11.6 Å². The van der Waals surface area contributed by atoms with Crippen LogP contribution in [-0.4, -0.2) is 48.4 Å². The molecule has 0 heterocycles. The molecule has 0 aliphatic heterocycles. The molecule has 39 heavy (non-hydrogen) atoms. The van der Waals surface area contributed by atoms with Crippen LogP contribution in [0.1, 0.15) is 75.2 Å². The Hall–Kier alpha value is -2.12. The van der Waals surface area contributed by atoms with Crippen LogP contribution >= 0.6 is 0 Å². The first-order valence-electron chi connectivity index (χ1n) is 14.4. The Kier molecular flexibility index (Phi) is 11.9. The third kappa shape index (κ3) is 7.75. The molecule has 0 bridgehead atoms. The summed E-state index contributed by atoms with van der Waals surface area (Å²) in [5.74, 6) is -1.62. The van der Waals surface area contributed by atoms with Crippen LogP contribution in [0.15, 0.2) is 60.7 Å². The molecule has 6 atom stereocenters. The van der Waals surface area contributed by atoms with Gasteiger partial charge < -0.3 is 14.6 Å². The third-order valence-corrected chi connectivity index (χ3v) is 13.4. The molecule has 0 aromatic heterocycles. The number of aliphatic hydroxyl groups is 2. The summed E-state index contributed by atoms with van der Waals surface area (Å²) in [5.41, 5.74) is 0. The molecule has 0 unspecified atom stereocenters. The van der Waals surface area contributed by atoms with Crippen molar-refractivity contribution in [1.82, 2.24) is 0 Å². The van der Waals surface area contributed by atoms with E-state index in [4.69, 9.17) is 4.43 Å². The molecule has 0 saturated carbocycles. The van der Waals surface area contributed by atoms with E-state index < -0.39 is 38.5 Å². The largest absolute Gasteiger partial charge is 0.402 e. The van der Waals surface area contributed by atoms with Crippen LogP contribution in [0, 0.1) is 23.7 Å². The molecular weight excluding hydrogens is 504 g/mol. The number of hydrogen-bond donors (Lipinski definition) is 2. The topological polar surface area (TPSA) is 83.8 Å². The van der Waals surface area contributed by atoms with Gasteiger partial charge in [0.15, 0.2) is 0 Å². The first-order chi connectivity index (χ1) is 18.1. The number of carbonyl (C=O) groups is 2. The molecule has 0 fully saturated rings. The monoisotopic (exact) mass is 554 g/mol. The molecule has 2 rings (SSSR count). The molecule has 0 radical (unpaired) electrons. The van der Waals surface area contributed by atoms with E-state index in [9.17, 15) is 19.8 Å². The highest BCUT2D eigenvalue weighted by molar-refractivity contribution is 6.99. The summed E-state index contributed by atoms with van der Waals surface area (Å²) in [5, 5.41) is 23.6. The molecule has 0 spiro atoms. The van der Waals surface area contributed by atoms with Crippen molar-refractivity contribution < 1.29 is 24.2 Å². The second kappa shape index (κ2) is 14.0. The van der Waals surface area contributed by atoms with Gasteiger partial charge in [-0.1, -0.05) is 116 Å². The van der Waals surface area contributed by atoms with E-state index in [2.05, 4.69) is 45.0 Å². The average molecular weight is 555 g/mol. The molecule has 216 valence electrons. The zero-order chi connectivity index (χ0) is 29.5. The normalized spacial score (nSPS) is 17.2. The number of benzene rings is 2. The second-order valence-electron chi connectivity index (χ2n) is 12.6. The van der Waals surface area contributed by atoms with E-state index in [1.807, 2.05) is 64.1 Å². The highest BCUT2D eigenvalue weighted by Gasteiger charge is 2.52. The van der Waals surface area contributed by atoms with Crippen LogP contribution < -0.4 is 10.4 Å². The van der Waals surface area contributed by atoms with E-state index in [1.54, 1.807) is 13.8 Å². The highest BCUT2D eigenvalue weighted by Crippen LogP contribution is 2.38. The predicted molar refractivity (Wildman–Crippen MR) is 162 cm³/mol. The Morgan fingerprint density at radius 1 is 0.769 bits per heavy atom. The summed E-state index contributed by atoms with van der Waals surface area (Å²) in [4.78, 5) is 26.0. The van der Waals surface area contributed by atoms with Crippen molar-refractivity contribution in [2.45, 2.75) is 98.5 Å². The van der Waals surface area contributed by atoms with E-state index >= 15 is 0 Å². The van der Waals surface area contributed by atoms with Crippen molar-refractivity contribution in [2.75, 3.05) is 0 Å². The molecule has 2 N–H and O–H groups in total. The van der Waals surface area contributed by atoms with Crippen molar-refractivity contribution in [3.63, 3.8) is 0 Å². The van der Waals surface area contributed by atoms with Crippen LogP contribution in [0.25, 0.3) is 0 Å². The number of Topliss-reactive ketones (excluding diaryl/α,β-unsaturated/α-hetero) is 2. The van der Waals surface area contributed by atoms with Gasteiger partial charge in [-0.3, -0.25) is 9.59 Å². The van der Waals surface area contributed by atoms with Crippen molar-refractivity contribution in [3.8, 4) is 0 Å². The standard InChI is InChI=1S/C33H50O5Si/c1-22(2)30(35)24(4)29(34)21-20-23(3)31(36)25(5)32(37)26(6)38-39(33(7,8)9,27-16-12-10-13-17-27)28-18-14-11-15-19-28/h10-19,22-26,30,32,35,37H,20-21H2,1-9H3/t23-,24-,25-,26+,30+,32+/m0/s1. The van der Waals surface area contributed by atoms with E-state index in [0.29, 0.717) is 6.42 Å². The van der Waals surface area contributed by atoms with Crippen LogP contribution in [0.4, 0.5) is 0 Å². The summed E-state index contributed by atoms with van der Waals surface area (Å²) in [6, 6.07) is 20.5. The average Bonchev–Trinajstić information content (AvgIpc) is 2.92. The molecule has 0 aliphatic rings. The fraction of sp³-hybridized carbons (Fsp3) is 0.576. The van der Waals surface area contributed by atoms with Crippen molar-refractivity contribution >= 4 is 30.3 Å². The van der Waals surface area contributed by atoms with Gasteiger partial charge in [-0.25, -0.2) is 0 Å². The van der Waals surface area contributed by atoms with Crippen LogP contribution in [0.2, 0.25) is 5.04 Å². The Morgan fingerprint density at radius 3 is 1.64 bits per heavy atom. The molecule has 2 aromatic rings. The zero-order valence-corrected chi connectivity index (χ0v) is 26.3. The minimum absolute atomic E-state index is 0.00444. The van der Waals surface area contributed by atoms with Gasteiger partial charge in [0.2, 0.25) is 0 Å². The maximum absolute atomic E-state index is 13.4. The van der Waals surface area contributed by atoms with E-state index in [0.717, 1.165) is 10.4 Å². The number of aliphatic hydroxyl groups excluding tert-OH is 2. The highest BCUT2D eigenvalue weighted by atomic mass is 28.4. The lowest BCUT2D eigenvalue weighted by Gasteiger charge is -2.45. The van der Waals surface area contributed by atoms with Crippen molar-refractivity contribution in [3.05, 3.63) is 60.7 Å². The lowest BCUT2D eigenvalue weighted by molar-refractivity contribution is -0.132. The Bertz CT molecular complexity index is 1010. The van der Waals surface area contributed by atoms with Gasteiger partial charge >= 0.3 is 0 Å². The molecule has 0 aliphatic carbocycles. The summed E-state index contributed by atoms with van der Waals surface area (Å²) < 4.78 is 7.02. The molecule has 5 nitrogen and oxygen atoms in total. The Morgan fingerprint density at radius 2 is 1.23 bits per heavy atom.